The maximum atomic E-state index is 12.4. The standard InChI is InChI=1S/C21H20N2O3/c24-20(18-12-17(18)19-9-5-11-25-19)23-13-16-8-4-10-22-21(16)26-14-15-6-2-1-3-7-15/h1-11,17-18H,12-14H2,(H,23,24)/t17-,18-/m1/s1. The minimum Gasteiger partial charge on any atom is -0.473 e. The van der Waals surface area contributed by atoms with E-state index < -0.39 is 0 Å². The van der Waals surface area contributed by atoms with Gasteiger partial charge in [0, 0.05) is 30.1 Å². The molecule has 1 N–H and O–H groups in total. The van der Waals surface area contributed by atoms with Crippen molar-refractivity contribution < 1.29 is 13.9 Å². The van der Waals surface area contributed by atoms with E-state index in [9.17, 15) is 4.79 Å². The van der Waals surface area contributed by atoms with Gasteiger partial charge in [0.05, 0.1) is 6.26 Å². The molecule has 0 spiro atoms. The van der Waals surface area contributed by atoms with E-state index in [1.54, 1.807) is 12.5 Å². The summed E-state index contributed by atoms with van der Waals surface area (Å²) in [5, 5.41) is 2.99. The summed E-state index contributed by atoms with van der Waals surface area (Å²) in [6, 6.07) is 17.5. The van der Waals surface area contributed by atoms with E-state index in [0.29, 0.717) is 19.0 Å². The van der Waals surface area contributed by atoms with Crippen molar-refractivity contribution in [3.05, 3.63) is 83.9 Å². The van der Waals surface area contributed by atoms with Gasteiger partial charge in [-0.1, -0.05) is 36.4 Å². The number of hydrogen-bond donors (Lipinski definition) is 1. The van der Waals surface area contributed by atoms with Crippen molar-refractivity contribution in [1.29, 1.82) is 0 Å². The van der Waals surface area contributed by atoms with Gasteiger partial charge in [0.25, 0.3) is 0 Å². The van der Waals surface area contributed by atoms with Crippen LogP contribution < -0.4 is 10.1 Å². The molecule has 0 bridgehead atoms. The monoisotopic (exact) mass is 348 g/mol. The molecular weight excluding hydrogens is 328 g/mol. The second kappa shape index (κ2) is 7.44. The smallest absolute Gasteiger partial charge is 0.224 e. The first-order valence-corrected chi connectivity index (χ1v) is 8.73. The third-order valence-corrected chi connectivity index (χ3v) is 4.56. The molecule has 0 aliphatic heterocycles. The van der Waals surface area contributed by atoms with Gasteiger partial charge in [-0.25, -0.2) is 4.98 Å². The van der Waals surface area contributed by atoms with Gasteiger partial charge in [0.15, 0.2) is 0 Å². The molecule has 26 heavy (non-hydrogen) atoms. The second-order valence-corrected chi connectivity index (χ2v) is 6.42. The molecule has 1 amide bonds. The van der Waals surface area contributed by atoms with Gasteiger partial charge in [-0.2, -0.15) is 0 Å². The number of benzene rings is 1. The zero-order chi connectivity index (χ0) is 17.8. The van der Waals surface area contributed by atoms with Crippen molar-refractivity contribution in [2.45, 2.75) is 25.5 Å². The quantitative estimate of drug-likeness (QED) is 0.707. The fourth-order valence-electron chi connectivity index (χ4n) is 3.03. The largest absolute Gasteiger partial charge is 0.473 e. The molecule has 5 nitrogen and oxygen atoms in total. The lowest BCUT2D eigenvalue weighted by Gasteiger charge is -2.11. The number of rotatable bonds is 7. The van der Waals surface area contributed by atoms with Crippen LogP contribution in [0, 0.1) is 5.92 Å². The average Bonchev–Trinajstić information content (AvgIpc) is 3.31. The number of carbonyl (C=O) groups excluding carboxylic acids is 1. The van der Waals surface area contributed by atoms with Gasteiger partial charge >= 0.3 is 0 Å². The maximum absolute atomic E-state index is 12.4. The predicted octanol–water partition coefficient (Wildman–Crippen LogP) is 3.67. The fourth-order valence-corrected chi connectivity index (χ4v) is 3.03. The maximum Gasteiger partial charge on any atom is 0.224 e. The van der Waals surface area contributed by atoms with Crippen LogP contribution in [0.2, 0.25) is 0 Å². The molecule has 0 radical (unpaired) electrons. The number of ether oxygens (including phenoxy) is 1. The van der Waals surface area contributed by atoms with Gasteiger partial charge in [-0.05, 0) is 30.2 Å². The molecule has 2 aromatic heterocycles. The lowest BCUT2D eigenvalue weighted by Crippen LogP contribution is -2.25. The van der Waals surface area contributed by atoms with E-state index in [-0.39, 0.29) is 17.7 Å². The van der Waals surface area contributed by atoms with E-state index in [2.05, 4.69) is 10.3 Å². The van der Waals surface area contributed by atoms with Gasteiger partial charge < -0.3 is 14.5 Å². The van der Waals surface area contributed by atoms with Crippen molar-refractivity contribution >= 4 is 5.91 Å². The number of aromatic nitrogens is 1. The Kier molecular flexibility index (Phi) is 4.69. The number of furan rings is 1. The highest BCUT2D eigenvalue weighted by Crippen LogP contribution is 2.47. The molecule has 1 fully saturated rings. The summed E-state index contributed by atoms with van der Waals surface area (Å²) in [5.74, 6) is 1.68. The summed E-state index contributed by atoms with van der Waals surface area (Å²) in [7, 11) is 0. The molecule has 1 saturated carbocycles. The highest BCUT2D eigenvalue weighted by atomic mass is 16.5. The Morgan fingerprint density at radius 3 is 2.85 bits per heavy atom. The Hall–Kier alpha value is -3.08. The lowest BCUT2D eigenvalue weighted by molar-refractivity contribution is -0.122. The van der Waals surface area contributed by atoms with E-state index in [1.165, 1.54) is 0 Å². The third-order valence-electron chi connectivity index (χ3n) is 4.56. The Bertz CT molecular complexity index is 862. The Balaban J connectivity index is 1.33. The van der Waals surface area contributed by atoms with E-state index in [1.807, 2.05) is 54.6 Å². The normalized spacial score (nSPS) is 18.3. The number of nitrogens with zero attached hydrogens (tertiary/aromatic N) is 1. The number of pyridine rings is 1. The Labute approximate surface area is 152 Å². The molecule has 1 aromatic carbocycles. The zero-order valence-corrected chi connectivity index (χ0v) is 14.3. The van der Waals surface area contributed by atoms with Crippen molar-refractivity contribution in [1.82, 2.24) is 10.3 Å². The minimum absolute atomic E-state index is 0.00786. The van der Waals surface area contributed by atoms with Gasteiger partial charge in [-0.15, -0.1) is 0 Å². The molecule has 0 unspecified atom stereocenters. The fraction of sp³-hybridized carbons (Fsp3) is 0.238. The SMILES string of the molecule is O=C(NCc1cccnc1OCc1ccccc1)[C@@H]1C[C@H]1c1ccco1. The summed E-state index contributed by atoms with van der Waals surface area (Å²) in [6.45, 7) is 0.847. The third kappa shape index (κ3) is 3.77. The lowest BCUT2D eigenvalue weighted by atomic mass is 10.2. The molecule has 0 saturated heterocycles. The number of amides is 1. The summed E-state index contributed by atoms with van der Waals surface area (Å²) in [4.78, 5) is 16.7. The van der Waals surface area contributed by atoms with E-state index in [4.69, 9.17) is 9.15 Å². The Morgan fingerprint density at radius 1 is 1.15 bits per heavy atom. The zero-order valence-electron chi connectivity index (χ0n) is 14.3. The molecule has 4 rings (SSSR count). The van der Waals surface area contributed by atoms with E-state index >= 15 is 0 Å². The van der Waals surface area contributed by atoms with Crippen molar-refractivity contribution in [3.8, 4) is 5.88 Å². The van der Waals surface area contributed by atoms with Crippen LogP contribution in [0.25, 0.3) is 0 Å². The molecule has 1 aliphatic carbocycles. The highest BCUT2D eigenvalue weighted by molar-refractivity contribution is 5.82. The highest BCUT2D eigenvalue weighted by Gasteiger charge is 2.45. The average molecular weight is 348 g/mol. The van der Waals surface area contributed by atoms with Crippen LogP contribution in [0.4, 0.5) is 0 Å². The molecule has 5 heteroatoms. The van der Waals surface area contributed by atoms with Crippen LogP contribution in [-0.4, -0.2) is 10.9 Å². The molecule has 1 aliphatic rings. The van der Waals surface area contributed by atoms with Gasteiger partial charge in [0.1, 0.15) is 12.4 Å². The first-order valence-electron chi connectivity index (χ1n) is 8.73. The topological polar surface area (TPSA) is 64.4 Å². The van der Waals surface area contributed by atoms with Crippen molar-refractivity contribution in [3.63, 3.8) is 0 Å². The van der Waals surface area contributed by atoms with Crippen LogP contribution in [0.3, 0.4) is 0 Å². The van der Waals surface area contributed by atoms with Crippen LogP contribution in [0.15, 0.2) is 71.5 Å². The van der Waals surface area contributed by atoms with Crippen LogP contribution in [0.1, 0.15) is 29.2 Å². The summed E-state index contributed by atoms with van der Waals surface area (Å²) < 4.78 is 11.2. The minimum atomic E-state index is -0.00786. The number of carbonyl (C=O) groups is 1. The first kappa shape index (κ1) is 16.4. The second-order valence-electron chi connectivity index (χ2n) is 6.42. The number of nitrogens with one attached hydrogen (secondary N) is 1. The summed E-state index contributed by atoms with van der Waals surface area (Å²) in [6.07, 6.45) is 4.18. The van der Waals surface area contributed by atoms with Crippen LogP contribution in [-0.2, 0) is 17.9 Å². The van der Waals surface area contributed by atoms with Crippen LogP contribution in [0.5, 0.6) is 5.88 Å². The van der Waals surface area contributed by atoms with Gasteiger partial charge in [-0.3, -0.25) is 4.79 Å². The molecule has 132 valence electrons. The number of hydrogen-bond acceptors (Lipinski definition) is 4. The first-order chi connectivity index (χ1) is 12.8. The summed E-state index contributed by atoms with van der Waals surface area (Å²) in [5.41, 5.74) is 1.94. The molecule has 3 aromatic rings. The van der Waals surface area contributed by atoms with Gasteiger partial charge in [0.2, 0.25) is 11.8 Å². The Morgan fingerprint density at radius 2 is 2.04 bits per heavy atom. The van der Waals surface area contributed by atoms with Crippen molar-refractivity contribution in [2.24, 2.45) is 5.92 Å². The molecule has 2 atom stereocenters. The molecule has 2 heterocycles. The predicted molar refractivity (Wildman–Crippen MR) is 96.4 cm³/mol. The van der Waals surface area contributed by atoms with E-state index in [0.717, 1.165) is 23.3 Å². The van der Waals surface area contributed by atoms with Crippen molar-refractivity contribution in [2.75, 3.05) is 0 Å². The summed E-state index contributed by atoms with van der Waals surface area (Å²) >= 11 is 0. The van der Waals surface area contributed by atoms with Crippen LogP contribution >= 0.6 is 0 Å². The molecular formula is C21H20N2O3.